The molecule has 1 rings (SSSR count). The van der Waals surface area contributed by atoms with E-state index in [0.717, 1.165) is 0 Å². The predicted molar refractivity (Wildman–Crippen MR) is 56.2 cm³/mol. The molecule has 0 aromatic heterocycles. The zero-order valence-electron chi connectivity index (χ0n) is 7.74. The summed E-state index contributed by atoms with van der Waals surface area (Å²) in [6.45, 7) is 6.94. The van der Waals surface area contributed by atoms with Crippen LogP contribution in [-0.4, -0.2) is 0 Å². The Morgan fingerprint density at radius 3 is 2.33 bits per heavy atom. The second-order valence-corrected chi connectivity index (χ2v) is 3.91. The van der Waals surface area contributed by atoms with Crippen LogP contribution in [0.5, 0.6) is 0 Å². The van der Waals surface area contributed by atoms with Crippen LogP contribution < -0.4 is 5.73 Å². The quantitative estimate of drug-likeness (QED) is 0.785. The first kappa shape index (κ1) is 9.75. The first-order valence-corrected chi connectivity index (χ1v) is 4.82. The molecular formula is C10H14BrN. The number of hydrogen-bond donors (Lipinski definition) is 1. The van der Waals surface area contributed by atoms with Crippen molar-refractivity contribution < 1.29 is 0 Å². The lowest BCUT2D eigenvalue weighted by molar-refractivity contribution is 1.03. The van der Waals surface area contributed by atoms with Crippen molar-refractivity contribution in [3.8, 4) is 0 Å². The lowest BCUT2D eigenvalue weighted by atomic mass is 10.0. The molecule has 66 valence electrons. The molecule has 0 fully saturated rings. The molecule has 0 aliphatic heterocycles. The Labute approximate surface area is 82.1 Å². The Kier molecular flexibility index (Phi) is 2.91. The van der Waals surface area contributed by atoms with Crippen molar-refractivity contribution >= 4 is 15.9 Å². The molecule has 1 aromatic carbocycles. The minimum atomic E-state index is 0.617. The fraction of sp³-hybridized carbons (Fsp3) is 0.400. The zero-order valence-corrected chi connectivity index (χ0v) is 9.33. The number of rotatable bonds is 1. The van der Waals surface area contributed by atoms with Crippen molar-refractivity contribution in [2.24, 2.45) is 5.73 Å². The van der Waals surface area contributed by atoms with Crippen molar-refractivity contribution in [3.63, 3.8) is 0 Å². The average Bonchev–Trinajstić information content (AvgIpc) is 2.08. The van der Waals surface area contributed by atoms with Gasteiger partial charge in [-0.2, -0.15) is 0 Å². The maximum absolute atomic E-state index is 5.62. The van der Waals surface area contributed by atoms with Gasteiger partial charge in [0.1, 0.15) is 0 Å². The van der Waals surface area contributed by atoms with Gasteiger partial charge in [0.15, 0.2) is 0 Å². The van der Waals surface area contributed by atoms with E-state index in [1.807, 2.05) is 0 Å². The second-order valence-electron chi connectivity index (χ2n) is 3.12. The van der Waals surface area contributed by atoms with Crippen LogP contribution >= 0.6 is 15.9 Å². The van der Waals surface area contributed by atoms with Crippen LogP contribution in [0.4, 0.5) is 0 Å². The summed E-state index contributed by atoms with van der Waals surface area (Å²) in [5.41, 5.74) is 10.7. The lowest BCUT2D eigenvalue weighted by Crippen LogP contribution is -2.01. The fourth-order valence-electron chi connectivity index (χ4n) is 1.29. The largest absolute Gasteiger partial charge is 0.326 e. The molecule has 0 aliphatic carbocycles. The maximum atomic E-state index is 5.62. The van der Waals surface area contributed by atoms with E-state index < -0.39 is 0 Å². The standard InChI is InChI=1S/C10H14BrN/c1-6-4-9(5-12)8(3)10(11)7(6)2/h4H,5,12H2,1-3H3. The monoisotopic (exact) mass is 227 g/mol. The van der Waals surface area contributed by atoms with E-state index in [2.05, 4.69) is 42.8 Å². The molecular weight excluding hydrogens is 214 g/mol. The molecule has 0 bridgehead atoms. The van der Waals surface area contributed by atoms with Crippen LogP contribution in [-0.2, 0) is 6.54 Å². The van der Waals surface area contributed by atoms with Crippen LogP contribution in [0.1, 0.15) is 22.3 Å². The summed E-state index contributed by atoms with van der Waals surface area (Å²) in [7, 11) is 0. The summed E-state index contributed by atoms with van der Waals surface area (Å²) in [5, 5.41) is 0. The summed E-state index contributed by atoms with van der Waals surface area (Å²) >= 11 is 3.57. The Bertz CT molecular complexity index is 305. The lowest BCUT2D eigenvalue weighted by Gasteiger charge is -2.11. The van der Waals surface area contributed by atoms with Gasteiger partial charge >= 0.3 is 0 Å². The van der Waals surface area contributed by atoms with Gasteiger partial charge in [-0.1, -0.05) is 22.0 Å². The van der Waals surface area contributed by atoms with Crippen molar-refractivity contribution in [1.29, 1.82) is 0 Å². The van der Waals surface area contributed by atoms with Crippen LogP contribution in [0.2, 0.25) is 0 Å². The Morgan fingerprint density at radius 1 is 1.25 bits per heavy atom. The Hall–Kier alpha value is -0.340. The molecule has 0 aliphatic rings. The van der Waals surface area contributed by atoms with E-state index in [9.17, 15) is 0 Å². The number of nitrogens with two attached hydrogens (primary N) is 1. The topological polar surface area (TPSA) is 26.0 Å². The summed E-state index contributed by atoms with van der Waals surface area (Å²) in [5.74, 6) is 0. The van der Waals surface area contributed by atoms with Crippen LogP contribution in [0.15, 0.2) is 10.5 Å². The zero-order chi connectivity index (χ0) is 9.30. The van der Waals surface area contributed by atoms with E-state index in [1.165, 1.54) is 26.7 Å². The van der Waals surface area contributed by atoms with Crippen LogP contribution in [0.3, 0.4) is 0 Å². The highest BCUT2D eigenvalue weighted by molar-refractivity contribution is 9.10. The normalized spacial score (nSPS) is 10.4. The van der Waals surface area contributed by atoms with E-state index in [1.54, 1.807) is 0 Å². The van der Waals surface area contributed by atoms with E-state index in [4.69, 9.17) is 5.73 Å². The van der Waals surface area contributed by atoms with E-state index in [-0.39, 0.29) is 0 Å². The van der Waals surface area contributed by atoms with Gasteiger partial charge in [-0.15, -0.1) is 0 Å². The molecule has 0 amide bonds. The Balaban J connectivity index is 3.39. The summed E-state index contributed by atoms with van der Waals surface area (Å²) in [4.78, 5) is 0. The first-order valence-electron chi connectivity index (χ1n) is 4.03. The van der Waals surface area contributed by atoms with Crippen molar-refractivity contribution in [2.45, 2.75) is 27.3 Å². The van der Waals surface area contributed by atoms with Gasteiger partial charge in [0.2, 0.25) is 0 Å². The molecule has 0 saturated carbocycles. The molecule has 0 unspecified atom stereocenters. The molecule has 0 heterocycles. The molecule has 1 aromatic rings. The van der Waals surface area contributed by atoms with Gasteiger partial charge in [-0.25, -0.2) is 0 Å². The average molecular weight is 228 g/mol. The van der Waals surface area contributed by atoms with Gasteiger partial charge in [0, 0.05) is 11.0 Å². The highest BCUT2D eigenvalue weighted by Crippen LogP contribution is 2.26. The van der Waals surface area contributed by atoms with Crippen molar-refractivity contribution in [1.82, 2.24) is 0 Å². The van der Waals surface area contributed by atoms with E-state index >= 15 is 0 Å². The molecule has 0 radical (unpaired) electrons. The third kappa shape index (κ3) is 1.54. The van der Waals surface area contributed by atoms with E-state index in [0.29, 0.717) is 6.54 Å². The smallest absolute Gasteiger partial charge is 0.0239 e. The highest BCUT2D eigenvalue weighted by atomic mass is 79.9. The third-order valence-corrected chi connectivity index (χ3v) is 3.53. The summed E-state index contributed by atoms with van der Waals surface area (Å²) in [6, 6.07) is 2.16. The summed E-state index contributed by atoms with van der Waals surface area (Å²) < 4.78 is 1.20. The second kappa shape index (κ2) is 3.58. The molecule has 12 heavy (non-hydrogen) atoms. The number of halogens is 1. The minimum Gasteiger partial charge on any atom is -0.326 e. The van der Waals surface area contributed by atoms with Crippen LogP contribution in [0.25, 0.3) is 0 Å². The van der Waals surface area contributed by atoms with Crippen molar-refractivity contribution in [3.05, 3.63) is 32.8 Å². The molecule has 0 spiro atoms. The first-order chi connectivity index (χ1) is 5.57. The van der Waals surface area contributed by atoms with Gasteiger partial charge in [0.25, 0.3) is 0 Å². The predicted octanol–water partition coefficient (Wildman–Crippen LogP) is 2.83. The summed E-state index contributed by atoms with van der Waals surface area (Å²) in [6.07, 6.45) is 0. The molecule has 1 nitrogen and oxygen atoms in total. The van der Waals surface area contributed by atoms with Gasteiger partial charge in [-0.3, -0.25) is 0 Å². The van der Waals surface area contributed by atoms with Gasteiger partial charge < -0.3 is 5.73 Å². The molecule has 2 N–H and O–H groups in total. The van der Waals surface area contributed by atoms with Gasteiger partial charge in [0.05, 0.1) is 0 Å². The third-order valence-electron chi connectivity index (χ3n) is 2.34. The number of hydrogen-bond acceptors (Lipinski definition) is 1. The Morgan fingerprint density at radius 2 is 1.83 bits per heavy atom. The number of aryl methyl sites for hydroxylation is 1. The van der Waals surface area contributed by atoms with Crippen LogP contribution in [0, 0.1) is 20.8 Å². The van der Waals surface area contributed by atoms with Crippen molar-refractivity contribution in [2.75, 3.05) is 0 Å². The minimum absolute atomic E-state index is 0.617. The van der Waals surface area contributed by atoms with Gasteiger partial charge in [-0.05, 0) is 43.0 Å². The molecule has 0 saturated heterocycles. The SMILES string of the molecule is Cc1cc(CN)c(C)c(Br)c1C. The molecule has 0 atom stereocenters. The number of benzene rings is 1. The molecule has 2 heteroatoms. The maximum Gasteiger partial charge on any atom is 0.0239 e. The fourth-order valence-corrected chi connectivity index (χ4v) is 1.85. The highest BCUT2D eigenvalue weighted by Gasteiger charge is 2.06.